The van der Waals surface area contributed by atoms with E-state index in [4.69, 9.17) is 5.26 Å². The van der Waals surface area contributed by atoms with Gasteiger partial charge in [0.25, 0.3) is 5.91 Å². The highest BCUT2D eigenvalue weighted by Crippen LogP contribution is 2.28. The van der Waals surface area contributed by atoms with Gasteiger partial charge in [0.2, 0.25) is 0 Å². The van der Waals surface area contributed by atoms with Crippen LogP contribution in [0, 0.1) is 11.3 Å². The van der Waals surface area contributed by atoms with Gasteiger partial charge in [-0.25, -0.2) is 4.79 Å². The van der Waals surface area contributed by atoms with Crippen molar-refractivity contribution in [3.05, 3.63) is 35.4 Å². The highest BCUT2D eigenvalue weighted by Gasteiger charge is 2.51. The minimum absolute atomic E-state index is 0.140. The molecule has 0 aromatic heterocycles. The number of nitrogens with one attached hydrogen (secondary N) is 2. The summed E-state index contributed by atoms with van der Waals surface area (Å²) in [6.07, 6.45) is 1.25. The topological polar surface area (TPSA) is 85.2 Å². The van der Waals surface area contributed by atoms with Crippen LogP contribution in [0.4, 0.5) is 4.79 Å². The summed E-state index contributed by atoms with van der Waals surface area (Å²) in [6.45, 7) is 1.71. The minimum atomic E-state index is -0.727. The molecule has 1 aromatic carbocycles. The Bertz CT molecular complexity index is 612. The Morgan fingerprint density at radius 2 is 1.86 bits per heavy atom. The summed E-state index contributed by atoms with van der Waals surface area (Å²) in [5.74, 6) is -0.140. The molecule has 6 heteroatoms. The predicted octanol–water partition coefficient (Wildman–Crippen LogP) is 0.732. The van der Waals surface area contributed by atoms with Crippen molar-refractivity contribution in [3.63, 3.8) is 0 Å². The summed E-state index contributed by atoms with van der Waals surface area (Å²) >= 11 is 0. The highest BCUT2D eigenvalue weighted by molar-refractivity contribution is 6.07. The number of hydrogen-bond donors (Lipinski definition) is 2. The van der Waals surface area contributed by atoms with E-state index in [1.165, 1.54) is 4.90 Å². The van der Waals surface area contributed by atoms with Crippen molar-refractivity contribution in [1.29, 1.82) is 5.26 Å². The molecule has 6 nitrogen and oxygen atoms in total. The smallest absolute Gasteiger partial charge is 0.323 e. The van der Waals surface area contributed by atoms with Crippen LogP contribution < -0.4 is 10.6 Å². The van der Waals surface area contributed by atoms with E-state index in [-0.39, 0.29) is 18.5 Å². The highest BCUT2D eigenvalue weighted by atomic mass is 16.2. The van der Waals surface area contributed by atoms with E-state index in [0.717, 1.165) is 18.7 Å². The summed E-state index contributed by atoms with van der Waals surface area (Å²) < 4.78 is 0. The zero-order chi connectivity index (χ0) is 14.9. The fourth-order valence-electron chi connectivity index (χ4n) is 2.88. The summed E-state index contributed by atoms with van der Waals surface area (Å²) in [4.78, 5) is 26.0. The van der Waals surface area contributed by atoms with E-state index in [9.17, 15) is 9.59 Å². The molecule has 2 saturated heterocycles. The van der Waals surface area contributed by atoms with E-state index in [2.05, 4.69) is 10.6 Å². The molecule has 2 heterocycles. The van der Waals surface area contributed by atoms with E-state index >= 15 is 0 Å². The van der Waals surface area contributed by atoms with Gasteiger partial charge in [-0.1, -0.05) is 12.1 Å². The zero-order valence-electron chi connectivity index (χ0n) is 11.6. The lowest BCUT2D eigenvalue weighted by Gasteiger charge is -2.31. The Hall–Kier alpha value is -2.39. The third-order valence-corrected chi connectivity index (χ3v) is 4.13. The summed E-state index contributed by atoms with van der Waals surface area (Å²) in [6, 6.07) is 8.64. The Balaban J connectivity index is 1.77. The summed E-state index contributed by atoms with van der Waals surface area (Å²) in [5, 5.41) is 14.8. The molecule has 21 heavy (non-hydrogen) atoms. The molecule has 0 unspecified atom stereocenters. The molecule has 2 fully saturated rings. The van der Waals surface area contributed by atoms with Crippen LogP contribution in [0.15, 0.2) is 24.3 Å². The second kappa shape index (κ2) is 5.19. The Morgan fingerprint density at radius 1 is 1.19 bits per heavy atom. The fourth-order valence-corrected chi connectivity index (χ4v) is 2.88. The monoisotopic (exact) mass is 284 g/mol. The number of carbonyl (C=O) groups is 2. The number of benzene rings is 1. The maximum Gasteiger partial charge on any atom is 0.325 e. The van der Waals surface area contributed by atoms with Crippen LogP contribution in [-0.4, -0.2) is 35.5 Å². The van der Waals surface area contributed by atoms with E-state index < -0.39 is 5.54 Å². The lowest BCUT2D eigenvalue weighted by Crippen LogP contribution is -2.53. The van der Waals surface area contributed by atoms with Gasteiger partial charge in [0.1, 0.15) is 5.54 Å². The van der Waals surface area contributed by atoms with Gasteiger partial charge in [0, 0.05) is 0 Å². The van der Waals surface area contributed by atoms with Crippen molar-refractivity contribution in [3.8, 4) is 6.07 Å². The predicted molar refractivity (Wildman–Crippen MR) is 75.1 cm³/mol. The first-order valence-electron chi connectivity index (χ1n) is 6.98. The Morgan fingerprint density at radius 3 is 2.48 bits per heavy atom. The van der Waals surface area contributed by atoms with Crippen molar-refractivity contribution < 1.29 is 9.59 Å². The number of carbonyl (C=O) groups excluding carboxylic acids is 2. The largest absolute Gasteiger partial charge is 0.325 e. The van der Waals surface area contributed by atoms with Crippen LogP contribution in [0.3, 0.4) is 0 Å². The van der Waals surface area contributed by atoms with E-state index in [0.29, 0.717) is 18.4 Å². The van der Waals surface area contributed by atoms with Gasteiger partial charge in [-0.15, -0.1) is 0 Å². The number of nitrogens with zero attached hydrogens (tertiary/aromatic N) is 2. The van der Waals surface area contributed by atoms with Crippen LogP contribution in [0.1, 0.15) is 24.0 Å². The Kier molecular flexibility index (Phi) is 3.35. The molecule has 3 rings (SSSR count). The molecule has 2 aliphatic rings. The molecule has 0 radical (unpaired) electrons. The van der Waals surface area contributed by atoms with Crippen molar-refractivity contribution in [1.82, 2.24) is 15.5 Å². The fraction of sp³-hybridized carbons (Fsp3) is 0.400. The number of urea groups is 1. The first-order chi connectivity index (χ1) is 10.1. The van der Waals surface area contributed by atoms with Gasteiger partial charge in [-0.05, 0) is 43.6 Å². The number of amides is 3. The average molecular weight is 284 g/mol. The number of nitriles is 1. The van der Waals surface area contributed by atoms with Crippen LogP contribution in [-0.2, 0) is 11.3 Å². The SMILES string of the molecule is N#Cc1ccc(CN2C(=O)NC3(CCNCC3)C2=O)cc1. The number of imide groups is 1. The second-order valence-electron chi connectivity index (χ2n) is 5.46. The van der Waals surface area contributed by atoms with Gasteiger partial charge >= 0.3 is 6.03 Å². The molecule has 0 saturated carbocycles. The summed E-state index contributed by atoms with van der Waals surface area (Å²) in [7, 11) is 0. The normalized spacial score (nSPS) is 20.4. The van der Waals surface area contributed by atoms with Crippen molar-refractivity contribution in [2.24, 2.45) is 0 Å². The van der Waals surface area contributed by atoms with Crippen molar-refractivity contribution in [2.45, 2.75) is 24.9 Å². The molecule has 1 spiro atoms. The number of rotatable bonds is 2. The van der Waals surface area contributed by atoms with Crippen molar-refractivity contribution in [2.75, 3.05) is 13.1 Å². The van der Waals surface area contributed by atoms with Crippen LogP contribution in [0.25, 0.3) is 0 Å². The molecule has 1 aromatic rings. The quantitative estimate of drug-likeness (QED) is 0.784. The molecule has 0 aliphatic carbocycles. The van der Waals surface area contributed by atoms with Crippen LogP contribution in [0.2, 0.25) is 0 Å². The van der Waals surface area contributed by atoms with Gasteiger partial charge in [-0.3, -0.25) is 9.69 Å². The molecular weight excluding hydrogens is 268 g/mol. The standard InChI is InChI=1S/C15H16N4O2/c16-9-11-1-3-12(4-2-11)10-19-13(20)15(18-14(19)21)5-7-17-8-6-15/h1-4,17H,5-8,10H2,(H,18,21). The number of hydrogen-bond acceptors (Lipinski definition) is 4. The van der Waals surface area contributed by atoms with Crippen molar-refractivity contribution >= 4 is 11.9 Å². The third kappa shape index (κ3) is 2.36. The molecule has 0 bridgehead atoms. The molecule has 0 atom stereocenters. The molecular formula is C15H16N4O2. The minimum Gasteiger partial charge on any atom is -0.323 e. The first kappa shape index (κ1) is 13.6. The van der Waals surface area contributed by atoms with Gasteiger partial charge in [0.15, 0.2) is 0 Å². The summed E-state index contributed by atoms with van der Waals surface area (Å²) in [5.41, 5.74) is 0.670. The lowest BCUT2D eigenvalue weighted by molar-refractivity contribution is -0.132. The third-order valence-electron chi connectivity index (χ3n) is 4.13. The first-order valence-corrected chi connectivity index (χ1v) is 6.98. The van der Waals surface area contributed by atoms with E-state index in [1.54, 1.807) is 24.3 Å². The van der Waals surface area contributed by atoms with E-state index in [1.807, 2.05) is 6.07 Å². The number of piperidine rings is 1. The zero-order valence-corrected chi connectivity index (χ0v) is 11.6. The Labute approximate surface area is 122 Å². The maximum absolute atomic E-state index is 12.6. The van der Waals surface area contributed by atoms with Gasteiger partial charge < -0.3 is 10.6 Å². The van der Waals surface area contributed by atoms with Gasteiger partial charge in [-0.2, -0.15) is 5.26 Å². The maximum atomic E-state index is 12.6. The molecule has 2 aliphatic heterocycles. The molecule has 2 N–H and O–H groups in total. The lowest BCUT2D eigenvalue weighted by atomic mass is 9.88. The second-order valence-corrected chi connectivity index (χ2v) is 5.46. The van der Waals surface area contributed by atoms with Crippen LogP contribution in [0.5, 0.6) is 0 Å². The van der Waals surface area contributed by atoms with Crippen LogP contribution >= 0.6 is 0 Å². The van der Waals surface area contributed by atoms with Gasteiger partial charge in [0.05, 0.1) is 18.2 Å². The molecule has 3 amide bonds. The average Bonchev–Trinajstić information content (AvgIpc) is 2.73. The molecule has 108 valence electrons.